The first-order valence-electron chi connectivity index (χ1n) is 7.13. The van der Waals surface area contributed by atoms with E-state index in [-0.39, 0.29) is 17.7 Å². The summed E-state index contributed by atoms with van der Waals surface area (Å²) in [6, 6.07) is 0. The summed E-state index contributed by atoms with van der Waals surface area (Å²) in [5, 5.41) is 0. The Kier molecular flexibility index (Phi) is 7.50. The maximum Gasteiger partial charge on any atom is 0.237 e. The molecule has 1 rings (SSSR count). The monoisotopic (exact) mass is 286 g/mol. The molecule has 0 atom stereocenters. The van der Waals surface area contributed by atoms with Crippen LogP contribution in [0.2, 0.25) is 0 Å². The number of amides is 2. The molecule has 0 spiro atoms. The molecule has 3 N–H and O–H groups in total. The number of nitrogens with one attached hydrogen (secondary N) is 1. The van der Waals surface area contributed by atoms with E-state index in [0.29, 0.717) is 45.7 Å². The lowest BCUT2D eigenvalue weighted by Gasteiger charge is -2.32. The Morgan fingerprint density at radius 1 is 1.40 bits per heavy atom. The molecule has 116 valence electrons. The number of carbonyl (C=O) groups excluding carboxylic acids is 2. The lowest BCUT2D eigenvalue weighted by molar-refractivity contribution is -0.136. The van der Waals surface area contributed by atoms with Crippen LogP contribution in [0.4, 0.5) is 0 Å². The second-order valence-corrected chi connectivity index (χ2v) is 5.10. The number of likely N-dealkylation sites (N-methyl/N-ethyl adjacent to an activating group) is 1. The van der Waals surface area contributed by atoms with Gasteiger partial charge in [-0.1, -0.05) is 0 Å². The van der Waals surface area contributed by atoms with E-state index in [1.165, 1.54) is 0 Å². The van der Waals surface area contributed by atoms with Gasteiger partial charge in [-0.3, -0.25) is 19.9 Å². The molecule has 0 unspecified atom stereocenters. The molecule has 0 saturated carbocycles. The predicted octanol–water partition coefficient (Wildman–Crippen LogP) is -0.817. The molecule has 1 fully saturated rings. The zero-order valence-electron chi connectivity index (χ0n) is 12.4. The third-order valence-electron chi connectivity index (χ3n) is 3.59. The fourth-order valence-electron chi connectivity index (χ4n) is 2.28. The van der Waals surface area contributed by atoms with Crippen LogP contribution in [0, 0.1) is 5.92 Å². The molecule has 0 radical (unpaired) electrons. The molecule has 0 bridgehead atoms. The lowest BCUT2D eigenvalue weighted by atomic mass is 9.96. The number of nitrogens with two attached hydrogens (primary N) is 1. The molecule has 7 nitrogen and oxygen atoms in total. The number of hydrogen-bond donors (Lipinski definition) is 2. The number of rotatable bonds is 7. The van der Waals surface area contributed by atoms with E-state index in [4.69, 9.17) is 10.6 Å². The van der Waals surface area contributed by atoms with Gasteiger partial charge in [0.05, 0.1) is 13.2 Å². The van der Waals surface area contributed by atoms with Crippen molar-refractivity contribution in [3.05, 3.63) is 0 Å². The summed E-state index contributed by atoms with van der Waals surface area (Å²) in [7, 11) is 1.91. The Labute approximate surface area is 120 Å². The Morgan fingerprint density at radius 3 is 2.60 bits per heavy atom. The highest BCUT2D eigenvalue weighted by Gasteiger charge is 2.27. The molecule has 1 aliphatic heterocycles. The minimum absolute atomic E-state index is 0.0697. The minimum atomic E-state index is -0.133. The number of hydrogen-bond acceptors (Lipinski definition) is 5. The Hall–Kier alpha value is -1.18. The normalized spacial score (nSPS) is 16.5. The lowest BCUT2D eigenvalue weighted by Crippen LogP contribution is -2.47. The summed E-state index contributed by atoms with van der Waals surface area (Å²) in [5.41, 5.74) is 2.18. The quantitative estimate of drug-likeness (QED) is 0.276. The van der Waals surface area contributed by atoms with E-state index in [1.54, 1.807) is 0 Å². The Morgan fingerprint density at radius 2 is 2.05 bits per heavy atom. The number of likely N-dealkylation sites (tertiary alicyclic amines) is 1. The van der Waals surface area contributed by atoms with Gasteiger partial charge < -0.3 is 9.64 Å². The van der Waals surface area contributed by atoms with Gasteiger partial charge in [-0.05, 0) is 26.8 Å². The number of nitrogens with zero attached hydrogens (tertiary/aromatic N) is 2. The first-order valence-corrected chi connectivity index (χ1v) is 7.13. The maximum atomic E-state index is 12.1. The highest BCUT2D eigenvalue weighted by molar-refractivity contribution is 5.80. The van der Waals surface area contributed by atoms with Crippen molar-refractivity contribution in [2.75, 3.05) is 46.4 Å². The van der Waals surface area contributed by atoms with Crippen molar-refractivity contribution in [3.63, 3.8) is 0 Å². The third kappa shape index (κ3) is 5.44. The van der Waals surface area contributed by atoms with E-state index in [9.17, 15) is 9.59 Å². The van der Waals surface area contributed by atoms with E-state index in [0.717, 1.165) is 6.54 Å². The molecule has 0 aliphatic carbocycles. The van der Waals surface area contributed by atoms with Crippen molar-refractivity contribution in [1.29, 1.82) is 0 Å². The number of ether oxygens (including phenoxy) is 1. The maximum absolute atomic E-state index is 12.1. The van der Waals surface area contributed by atoms with Crippen LogP contribution in [-0.4, -0.2) is 68.1 Å². The van der Waals surface area contributed by atoms with Gasteiger partial charge in [0.1, 0.15) is 0 Å². The number of piperidine rings is 1. The van der Waals surface area contributed by atoms with Crippen molar-refractivity contribution < 1.29 is 14.3 Å². The van der Waals surface area contributed by atoms with Crippen LogP contribution >= 0.6 is 0 Å². The van der Waals surface area contributed by atoms with Crippen LogP contribution in [0.5, 0.6) is 0 Å². The predicted molar refractivity (Wildman–Crippen MR) is 75.6 cm³/mol. The smallest absolute Gasteiger partial charge is 0.237 e. The minimum Gasteiger partial charge on any atom is -0.380 e. The van der Waals surface area contributed by atoms with E-state index in [1.807, 2.05) is 23.8 Å². The number of hydrazine groups is 1. The molecular weight excluding hydrogens is 260 g/mol. The van der Waals surface area contributed by atoms with Gasteiger partial charge in [-0.15, -0.1) is 0 Å². The van der Waals surface area contributed by atoms with Crippen LogP contribution < -0.4 is 11.3 Å². The standard InChI is InChI=1S/C13H26N4O3/c1-3-20-9-8-16(2)10-12(18)17-6-4-11(5-7-17)13(19)15-14/h11H,3-10,14H2,1-2H3,(H,15,19). The molecule has 0 aromatic carbocycles. The van der Waals surface area contributed by atoms with Gasteiger partial charge in [0.15, 0.2) is 0 Å². The summed E-state index contributed by atoms with van der Waals surface area (Å²) in [5.74, 6) is 5.03. The largest absolute Gasteiger partial charge is 0.380 e. The molecule has 1 heterocycles. The average Bonchev–Trinajstić information content (AvgIpc) is 2.46. The molecular formula is C13H26N4O3. The SMILES string of the molecule is CCOCCN(C)CC(=O)N1CCC(C(=O)NN)CC1. The molecule has 1 saturated heterocycles. The van der Waals surface area contributed by atoms with Gasteiger partial charge in [0.25, 0.3) is 0 Å². The fraction of sp³-hybridized carbons (Fsp3) is 0.846. The number of carbonyl (C=O) groups is 2. The summed E-state index contributed by atoms with van der Waals surface area (Å²) >= 11 is 0. The Bertz CT molecular complexity index is 317. The molecule has 7 heteroatoms. The van der Waals surface area contributed by atoms with Gasteiger partial charge in [0, 0.05) is 32.2 Å². The summed E-state index contributed by atoms with van der Waals surface area (Å²) < 4.78 is 5.26. The van der Waals surface area contributed by atoms with Crippen LogP contribution in [0.1, 0.15) is 19.8 Å². The third-order valence-corrected chi connectivity index (χ3v) is 3.59. The molecule has 1 aliphatic rings. The van der Waals surface area contributed by atoms with Crippen LogP contribution in [0.25, 0.3) is 0 Å². The fourth-order valence-corrected chi connectivity index (χ4v) is 2.28. The first-order chi connectivity index (χ1) is 9.58. The topological polar surface area (TPSA) is 87.9 Å². The van der Waals surface area contributed by atoms with Crippen LogP contribution in [-0.2, 0) is 14.3 Å². The summed E-state index contributed by atoms with van der Waals surface area (Å²) in [6.07, 6.45) is 1.36. The van der Waals surface area contributed by atoms with Gasteiger partial charge in [-0.2, -0.15) is 0 Å². The molecule has 20 heavy (non-hydrogen) atoms. The van der Waals surface area contributed by atoms with Gasteiger partial charge >= 0.3 is 0 Å². The highest BCUT2D eigenvalue weighted by atomic mass is 16.5. The van der Waals surface area contributed by atoms with E-state index in [2.05, 4.69) is 5.43 Å². The van der Waals surface area contributed by atoms with Crippen LogP contribution in [0.3, 0.4) is 0 Å². The van der Waals surface area contributed by atoms with Gasteiger partial charge in [-0.25, -0.2) is 5.84 Å². The van der Waals surface area contributed by atoms with Crippen molar-refractivity contribution in [3.8, 4) is 0 Å². The van der Waals surface area contributed by atoms with E-state index < -0.39 is 0 Å². The average molecular weight is 286 g/mol. The van der Waals surface area contributed by atoms with Crippen molar-refractivity contribution in [2.24, 2.45) is 11.8 Å². The van der Waals surface area contributed by atoms with Gasteiger partial charge in [0.2, 0.25) is 11.8 Å². The second-order valence-electron chi connectivity index (χ2n) is 5.10. The van der Waals surface area contributed by atoms with Crippen LogP contribution in [0.15, 0.2) is 0 Å². The first kappa shape index (κ1) is 16.9. The molecule has 0 aromatic heterocycles. The zero-order chi connectivity index (χ0) is 15.0. The summed E-state index contributed by atoms with van der Waals surface area (Å²) in [4.78, 5) is 27.3. The molecule has 2 amide bonds. The van der Waals surface area contributed by atoms with E-state index >= 15 is 0 Å². The second kappa shape index (κ2) is 8.89. The van der Waals surface area contributed by atoms with Crippen molar-refractivity contribution >= 4 is 11.8 Å². The highest BCUT2D eigenvalue weighted by Crippen LogP contribution is 2.17. The van der Waals surface area contributed by atoms with Crippen molar-refractivity contribution in [2.45, 2.75) is 19.8 Å². The molecule has 0 aromatic rings. The van der Waals surface area contributed by atoms with Crippen molar-refractivity contribution in [1.82, 2.24) is 15.2 Å². The Balaban J connectivity index is 2.26. The summed E-state index contributed by atoms with van der Waals surface area (Å²) in [6.45, 7) is 5.66. The zero-order valence-corrected chi connectivity index (χ0v) is 12.4.